The lowest BCUT2D eigenvalue weighted by Gasteiger charge is -2.17. The first kappa shape index (κ1) is 23.3. The van der Waals surface area contributed by atoms with Crippen molar-refractivity contribution in [3.05, 3.63) is 69.0 Å². The van der Waals surface area contributed by atoms with E-state index < -0.39 is 0 Å². The summed E-state index contributed by atoms with van der Waals surface area (Å²) in [5.41, 5.74) is 5.32. The largest absolute Gasteiger partial charge is 0.465 e. The lowest BCUT2D eigenvalue weighted by Crippen LogP contribution is -2.19. The molecule has 1 atom stereocenters. The summed E-state index contributed by atoms with van der Waals surface area (Å²) in [7, 11) is 1.41. The van der Waals surface area contributed by atoms with Gasteiger partial charge in [-0.05, 0) is 62.9 Å². The summed E-state index contributed by atoms with van der Waals surface area (Å²) in [5, 5.41) is 3.56. The first-order valence-corrected chi connectivity index (χ1v) is 10.9. The van der Waals surface area contributed by atoms with Gasteiger partial charge in [-0.2, -0.15) is 0 Å². The fraction of sp³-hybridized carbons (Fsp3) is 0.417. The molecule has 0 radical (unpaired) electrons. The van der Waals surface area contributed by atoms with Gasteiger partial charge >= 0.3 is 5.97 Å². The van der Waals surface area contributed by atoms with Crippen LogP contribution in [0.4, 0.5) is 0 Å². The molecule has 0 fully saturated rings. The molecule has 2 rings (SSSR count). The number of methoxy groups -OCH3 is 1. The molecule has 0 bridgehead atoms. The number of halogens is 1. The smallest absolute Gasteiger partial charge is 0.337 e. The molecule has 1 aromatic carbocycles. The second kappa shape index (κ2) is 11.9. The Morgan fingerprint density at radius 3 is 2.59 bits per heavy atom. The number of benzene rings is 1. The molecule has 1 N–H and O–H groups in total. The first-order valence-electron chi connectivity index (χ1n) is 10.1. The Labute approximate surface area is 182 Å². The van der Waals surface area contributed by atoms with E-state index in [-0.39, 0.29) is 5.97 Å². The van der Waals surface area contributed by atoms with Gasteiger partial charge in [0.1, 0.15) is 0 Å². The number of hydrogen-bond acceptors (Lipinski definition) is 4. The van der Waals surface area contributed by atoms with Gasteiger partial charge in [0, 0.05) is 28.5 Å². The van der Waals surface area contributed by atoms with Crippen molar-refractivity contribution in [3.63, 3.8) is 0 Å². The van der Waals surface area contributed by atoms with E-state index in [2.05, 4.69) is 58.3 Å². The van der Waals surface area contributed by atoms with E-state index >= 15 is 0 Å². The molecule has 0 aliphatic carbocycles. The second-order valence-corrected chi connectivity index (χ2v) is 8.20. The van der Waals surface area contributed by atoms with Crippen LogP contribution in [0, 0.1) is 6.92 Å². The molecule has 0 saturated heterocycles. The highest BCUT2D eigenvalue weighted by molar-refractivity contribution is 9.10. The summed E-state index contributed by atoms with van der Waals surface area (Å²) in [6.45, 7) is 8.17. The van der Waals surface area contributed by atoms with E-state index in [9.17, 15) is 4.79 Å². The van der Waals surface area contributed by atoms with Crippen molar-refractivity contribution < 1.29 is 9.53 Å². The molecule has 4 nitrogen and oxygen atoms in total. The highest BCUT2D eigenvalue weighted by Gasteiger charge is 2.12. The Morgan fingerprint density at radius 1 is 1.24 bits per heavy atom. The number of rotatable bonds is 10. The number of aromatic nitrogens is 1. The van der Waals surface area contributed by atoms with Crippen molar-refractivity contribution >= 4 is 28.0 Å². The van der Waals surface area contributed by atoms with E-state index in [0.717, 1.165) is 48.1 Å². The maximum absolute atomic E-state index is 11.6. The third-order valence-electron chi connectivity index (χ3n) is 5.04. The highest BCUT2D eigenvalue weighted by atomic mass is 79.9. The van der Waals surface area contributed by atoms with Gasteiger partial charge in [-0.15, -0.1) is 0 Å². The summed E-state index contributed by atoms with van der Waals surface area (Å²) in [6.07, 6.45) is 7.34. The number of carbonyl (C=O) groups is 1. The van der Waals surface area contributed by atoms with Gasteiger partial charge in [0.25, 0.3) is 0 Å². The molecule has 1 aromatic heterocycles. The van der Waals surface area contributed by atoms with Crippen LogP contribution in [-0.2, 0) is 4.74 Å². The maximum Gasteiger partial charge on any atom is 0.337 e. The molecular weight excluding hydrogens is 428 g/mol. The summed E-state index contributed by atoms with van der Waals surface area (Å²) in [4.78, 5) is 16.0. The van der Waals surface area contributed by atoms with Crippen LogP contribution in [0.1, 0.15) is 66.2 Å². The Hall–Kier alpha value is -1.98. The van der Waals surface area contributed by atoms with Gasteiger partial charge < -0.3 is 10.1 Å². The maximum atomic E-state index is 11.6. The predicted octanol–water partition coefficient (Wildman–Crippen LogP) is 5.91. The lowest BCUT2D eigenvalue weighted by molar-refractivity contribution is 0.0600. The second-order valence-electron chi connectivity index (χ2n) is 7.35. The van der Waals surface area contributed by atoms with Gasteiger partial charge in [-0.25, -0.2) is 4.79 Å². The Morgan fingerprint density at radius 2 is 1.97 bits per heavy atom. The van der Waals surface area contributed by atoms with E-state index in [4.69, 9.17) is 4.74 Å². The molecular formula is C24H31BrN2O2. The molecule has 0 saturated carbocycles. The number of nitrogens with zero attached hydrogens (tertiary/aromatic N) is 1. The monoisotopic (exact) mass is 458 g/mol. The number of hydrogen-bond donors (Lipinski definition) is 1. The number of pyridine rings is 1. The number of carbonyl (C=O) groups excluding carboxylic acids is 1. The van der Waals surface area contributed by atoms with Crippen LogP contribution < -0.4 is 5.32 Å². The molecule has 0 aliphatic heterocycles. The quantitative estimate of drug-likeness (QED) is 0.355. The normalized spacial score (nSPS) is 12.7. The van der Waals surface area contributed by atoms with E-state index in [0.29, 0.717) is 11.5 Å². The standard InChI is InChI=1S/C24H31BrN2O2/c1-5-6-19(20-7-9-21(10-8-20)24(28)29-4)11-13-26-16-17(2)15-22-18(3)27-14-12-23(22)25/h7-10,12,14-15,19,26H,5-6,11,13,16H2,1-4H3/b17-15+. The van der Waals surface area contributed by atoms with Gasteiger partial charge in [0.15, 0.2) is 0 Å². The Balaban J connectivity index is 1.91. The van der Waals surface area contributed by atoms with E-state index in [1.54, 1.807) is 0 Å². The summed E-state index contributed by atoms with van der Waals surface area (Å²) in [5.74, 6) is 0.196. The average molecular weight is 459 g/mol. The van der Waals surface area contributed by atoms with Crippen molar-refractivity contribution in [1.29, 1.82) is 0 Å². The molecule has 156 valence electrons. The van der Waals surface area contributed by atoms with Crippen LogP contribution in [0.3, 0.4) is 0 Å². The van der Waals surface area contributed by atoms with Crippen molar-refractivity contribution in [2.75, 3.05) is 20.2 Å². The zero-order valence-electron chi connectivity index (χ0n) is 17.8. The molecule has 5 heteroatoms. The number of aryl methyl sites for hydroxylation is 1. The van der Waals surface area contributed by atoms with Crippen molar-refractivity contribution in [3.8, 4) is 0 Å². The SMILES string of the molecule is CCCC(CCNC/C(C)=C/c1c(Br)ccnc1C)c1ccc(C(=O)OC)cc1. The number of esters is 1. The van der Waals surface area contributed by atoms with Gasteiger partial charge in [-0.1, -0.05) is 53.1 Å². The fourth-order valence-electron chi connectivity index (χ4n) is 3.41. The van der Waals surface area contributed by atoms with Crippen LogP contribution in [0.2, 0.25) is 0 Å². The van der Waals surface area contributed by atoms with Crippen LogP contribution in [0.25, 0.3) is 6.08 Å². The van der Waals surface area contributed by atoms with Crippen molar-refractivity contribution in [2.24, 2.45) is 0 Å². The molecule has 2 aromatic rings. The third-order valence-corrected chi connectivity index (χ3v) is 5.73. The summed E-state index contributed by atoms with van der Waals surface area (Å²) < 4.78 is 5.85. The van der Waals surface area contributed by atoms with Gasteiger partial charge in [0.2, 0.25) is 0 Å². The highest BCUT2D eigenvalue weighted by Crippen LogP contribution is 2.25. The van der Waals surface area contributed by atoms with Crippen LogP contribution in [-0.4, -0.2) is 31.2 Å². The minimum atomic E-state index is -0.289. The first-order chi connectivity index (χ1) is 14.0. The van der Waals surface area contributed by atoms with E-state index in [1.807, 2.05) is 31.3 Å². The van der Waals surface area contributed by atoms with Crippen LogP contribution in [0.5, 0.6) is 0 Å². The lowest BCUT2D eigenvalue weighted by atomic mass is 9.91. The van der Waals surface area contributed by atoms with Crippen molar-refractivity contribution in [2.45, 2.75) is 46.0 Å². The summed E-state index contributed by atoms with van der Waals surface area (Å²) >= 11 is 3.60. The Kier molecular flexibility index (Phi) is 9.55. The molecule has 1 heterocycles. The summed E-state index contributed by atoms with van der Waals surface area (Å²) in [6, 6.07) is 9.80. The van der Waals surface area contributed by atoms with Gasteiger partial charge in [-0.3, -0.25) is 4.98 Å². The minimum Gasteiger partial charge on any atom is -0.465 e. The predicted molar refractivity (Wildman–Crippen MR) is 123 cm³/mol. The minimum absolute atomic E-state index is 0.289. The molecule has 1 unspecified atom stereocenters. The zero-order chi connectivity index (χ0) is 21.2. The Bertz CT molecular complexity index is 811. The topological polar surface area (TPSA) is 51.2 Å². The van der Waals surface area contributed by atoms with Crippen molar-refractivity contribution in [1.82, 2.24) is 10.3 Å². The molecule has 0 amide bonds. The fourth-order valence-corrected chi connectivity index (χ4v) is 3.93. The van der Waals surface area contributed by atoms with Crippen LogP contribution in [0.15, 0.2) is 46.6 Å². The van der Waals surface area contributed by atoms with E-state index in [1.165, 1.54) is 18.2 Å². The molecule has 0 spiro atoms. The third kappa shape index (κ3) is 7.09. The zero-order valence-corrected chi connectivity index (χ0v) is 19.4. The van der Waals surface area contributed by atoms with Crippen LogP contribution >= 0.6 is 15.9 Å². The number of nitrogens with one attached hydrogen (secondary N) is 1. The number of ether oxygens (including phenoxy) is 1. The molecule has 0 aliphatic rings. The average Bonchev–Trinajstić information content (AvgIpc) is 2.72. The van der Waals surface area contributed by atoms with Gasteiger partial charge in [0.05, 0.1) is 12.7 Å². The molecule has 29 heavy (non-hydrogen) atoms.